The molecule has 3 rings (SSSR count). The number of amides is 1. The number of benzene rings is 1. The molecule has 3 aromatic rings. The van der Waals surface area contributed by atoms with E-state index in [9.17, 15) is 4.79 Å². The van der Waals surface area contributed by atoms with Crippen LogP contribution in [-0.2, 0) is 6.42 Å². The monoisotopic (exact) mass is 309 g/mol. The maximum Gasteiger partial charge on any atom is 0.295 e. The van der Waals surface area contributed by atoms with Gasteiger partial charge in [-0.3, -0.25) is 4.79 Å². The predicted molar refractivity (Wildman–Crippen MR) is 88.5 cm³/mol. The van der Waals surface area contributed by atoms with Gasteiger partial charge in [0.05, 0.1) is 0 Å². The summed E-state index contributed by atoms with van der Waals surface area (Å²) in [6.45, 7) is 4.06. The second-order valence-corrected chi connectivity index (χ2v) is 5.49. The van der Waals surface area contributed by atoms with Gasteiger partial charge < -0.3 is 5.32 Å². The zero-order valence-corrected chi connectivity index (χ0v) is 13.3. The summed E-state index contributed by atoms with van der Waals surface area (Å²) in [5.74, 6) is 0.197. The molecule has 1 aromatic carbocycles. The Morgan fingerprint density at radius 2 is 2.00 bits per heavy atom. The molecule has 0 aliphatic heterocycles. The van der Waals surface area contributed by atoms with E-state index in [2.05, 4.69) is 27.3 Å². The van der Waals surface area contributed by atoms with Crippen LogP contribution in [0, 0.1) is 6.92 Å². The number of fused-ring (bicyclic) bond motifs is 1. The number of carbonyl (C=O) groups excluding carboxylic acids is 1. The molecule has 0 fully saturated rings. The van der Waals surface area contributed by atoms with Gasteiger partial charge in [0.25, 0.3) is 11.7 Å². The van der Waals surface area contributed by atoms with Crippen LogP contribution in [0.3, 0.4) is 0 Å². The molecule has 6 nitrogen and oxygen atoms in total. The van der Waals surface area contributed by atoms with Crippen molar-refractivity contribution in [3.63, 3.8) is 0 Å². The van der Waals surface area contributed by atoms with Crippen molar-refractivity contribution in [2.45, 2.75) is 33.1 Å². The average Bonchev–Trinajstić information content (AvgIpc) is 3.00. The van der Waals surface area contributed by atoms with Gasteiger partial charge in [0, 0.05) is 17.6 Å². The lowest BCUT2D eigenvalue weighted by atomic mass is 10.1. The number of carbonyl (C=O) groups is 1. The summed E-state index contributed by atoms with van der Waals surface area (Å²) >= 11 is 0. The van der Waals surface area contributed by atoms with E-state index in [1.165, 1.54) is 18.4 Å². The smallest absolute Gasteiger partial charge is 0.295 e. The van der Waals surface area contributed by atoms with Crippen LogP contribution in [0.15, 0.2) is 36.5 Å². The molecular formula is C17H19N5O. The number of hydrogen-bond acceptors (Lipinski definition) is 4. The van der Waals surface area contributed by atoms with Gasteiger partial charge in [-0.1, -0.05) is 25.5 Å². The zero-order valence-electron chi connectivity index (χ0n) is 13.3. The first-order valence-electron chi connectivity index (χ1n) is 7.76. The van der Waals surface area contributed by atoms with Gasteiger partial charge >= 0.3 is 0 Å². The Balaban J connectivity index is 1.73. The van der Waals surface area contributed by atoms with Crippen molar-refractivity contribution < 1.29 is 4.79 Å². The predicted octanol–water partition coefficient (Wildman–Crippen LogP) is 3.03. The van der Waals surface area contributed by atoms with E-state index in [4.69, 9.17) is 0 Å². The lowest BCUT2D eigenvalue weighted by Gasteiger charge is -2.04. The van der Waals surface area contributed by atoms with E-state index < -0.39 is 0 Å². The van der Waals surface area contributed by atoms with Gasteiger partial charge in [-0.15, -0.1) is 5.10 Å². The molecule has 2 aromatic heterocycles. The molecule has 23 heavy (non-hydrogen) atoms. The van der Waals surface area contributed by atoms with Crippen LogP contribution in [0.5, 0.6) is 0 Å². The number of hydrogen-bond donors (Lipinski definition) is 1. The highest BCUT2D eigenvalue weighted by Gasteiger charge is 2.14. The Bertz CT molecular complexity index is 823. The summed E-state index contributed by atoms with van der Waals surface area (Å²) in [7, 11) is 0. The molecule has 1 amide bonds. The number of nitrogens with zero attached hydrogens (tertiary/aromatic N) is 4. The highest BCUT2D eigenvalue weighted by molar-refractivity contribution is 6.01. The van der Waals surface area contributed by atoms with Crippen molar-refractivity contribution in [3.05, 3.63) is 53.6 Å². The van der Waals surface area contributed by atoms with Crippen LogP contribution in [0.25, 0.3) is 5.78 Å². The number of aryl methyl sites for hydroxylation is 2. The summed E-state index contributed by atoms with van der Waals surface area (Å²) in [5.41, 5.74) is 2.89. The third-order valence-corrected chi connectivity index (χ3v) is 3.66. The molecule has 0 aliphatic carbocycles. The second-order valence-electron chi connectivity index (χ2n) is 5.49. The van der Waals surface area contributed by atoms with Crippen molar-refractivity contribution in [1.82, 2.24) is 19.6 Å². The van der Waals surface area contributed by atoms with Crippen LogP contribution in [0.4, 0.5) is 5.69 Å². The molecule has 0 radical (unpaired) electrons. The minimum atomic E-state index is -0.337. The summed E-state index contributed by atoms with van der Waals surface area (Å²) in [5, 5.41) is 7.01. The fourth-order valence-corrected chi connectivity index (χ4v) is 2.33. The molecule has 0 atom stereocenters. The van der Waals surface area contributed by atoms with Gasteiger partial charge in [-0.05, 0) is 43.5 Å². The molecule has 0 saturated heterocycles. The van der Waals surface area contributed by atoms with E-state index in [0.29, 0.717) is 5.78 Å². The van der Waals surface area contributed by atoms with E-state index in [0.717, 1.165) is 17.8 Å². The number of aromatic nitrogens is 4. The Morgan fingerprint density at radius 3 is 2.70 bits per heavy atom. The third-order valence-electron chi connectivity index (χ3n) is 3.66. The number of unbranched alkanes of at least 4 members (excludes halogenated alkanes) is 1. The fraction of sp³-hybridized carbons (Fsp3) is 0.294. The number of anilines is 1. The van der Waals surface area contributed by atoms with E-state index in [-0.39, 0.29) is 11.7 Å². The first kappa shape index (κ1) is 15.1. The first-order chi connectivity index (χ1) is 11.2. The Labute approximate surface area is 134 Å². The fourth-order valence-electron chi connectivity index (χ4n) is 2.33. The molecule has 0 bridgehead atoms. The lowest BCUT2D eigenvalue weighted by molar-refractivity contribution is 0.101. The van der Waals surface area contributed by atoms with Crippen LogP contribution >= 0.6 is 0 Å². The lowest BCUT2D eigenvalue weighted by Crippen LogP contribution is -2.14. The summed E-state index contributed by atoms with van der Waals surface area (Å²) in [6, 6.07) is 9.70. The van der Waals surface area contributed by atoms with Crippen LogP contribution in [0.2, 0.25) is 0 Å². The molecule has 0 saturated carbocycles. The summed E-state index contributed by atoms with van der Waals surface area (Å²) in [6.07, 6.45) is 5.05. The first-order valence-corrected chi connectivity index (χ1v) is 7.76. The Hall–Kier alpha value is -2.76. The van der Waals surface area contributed by atoms with Gasteiger partial charge in [0.1, 0.15) is 0 Å². The molecule has 6 heteroatoms. The summed E-state index contributed by atoms with van der Waals surface area (Å²) in [4.78, 5) is 20.5. The standard InChI is InChI=1S/C17H19N5O/c1-3-4-5-13-6-8-14(9-7-13)19-16(23)15-20-17-18-11-10-12(2)22(17)21-15/h6-11H,3-5H2,1-2H3,(H,19,23). The molecule has 0 spiro atoms. The van der Waals surface area contributed by atoms with Crippen LogP contribution < -0.4 is 5.32 Å². The minimum absolute atomic E-state index is 0.113. The van der Waals surface area contributed by atoms with Crippen molar-refractivity contribution in [3.8, 4) is 0 Å². The zero-order chi connectivity index (χ0) is 16.2. The highest BCUT2D eigenvalue weighted by atomic mass is 16.2. The van der Waals surface area contributed by atoms with Gasteiger partial charge in [0.15, 0.2) is 0 Å². The third kappa shape index (κ3) is 3.36. The van der Waals surface area contributed by atoms with Crippen LogP contribution in [-0.4, -0.2) is 25.5 Å². The molecule has 0 aliphatic rings. The largest absolute Gasteiger partial charge is 0.319 e. The maximum atomic E-state index is 12.3. The Kier molecular flexibility index (Phi) is 4.32. The van der Waals surface area contributed by atoms with Crippen molar-refractivity contribution in [1.29, 1.82) is 0 Å². The molecular weight excluding hydrogens is 290 g/mol. The molecule has 118 valence electrons. The van der Waals surface area contributed by atoms with Gasteiger partial charge in [-0.2, -0.15) is 4.98 Å². The number of rotatable bonds is 5. The Morgan fingerprint density at radius 1 is 1.22 bits per heavy atom. The molecule has 0 unspecified atom stereocenters. The highest BCUT2D eigenvalue weighted by Crippen LogP contribution is 2.13. The van der Waals surface area contributed by atoms with Gasteiger partial charge in [-0.25, -0.2) is 9.50 Å². The molecule has 1 N–H and O–H groups in total. The topological polar surface area (TPSA) is 72.2 Å². The molecule has 2 heterocycles. The van der Waals surface area contributed by atoms with Crippen molar-refractivity contribution in [2.75, 3.05) is 5.32 Å². The van der Waals surface area contributed by atoms with E-state index in [1.807, 2.05) is 37.3 Å². The quantitative estimate of drug-likeness (QED) is 0.786. The normalized spacial score (nSPS) is 10.9. The van der Waals surface area contributed by atoms with Gasteiger partial charge in [0.2, 0.25) is 5.82 Å². The summed E-state index contributed by atoms with van der Waals surface area (Å²) < 4.78 is 1.56. The SMILES string of the molecule is CCCCc1ccc(NC(=O)c2nc3nccc(C)n3n2)cc1. The van der Waals surface area contributed by atoms with E-state index in [1.54, 1.807) is 10.7 Å². The number of nitrogens with one attached hydrogen (secondary N) is 1. The second kappa shape index (κ2) is 6.56. The van der Waals surface area contributed by atoms with Crippen LogP contribution in [0.1, 0.15) is 41.6 Å². The van der Waals surface area contributed by atoms with Crippen molar-refractivity contribution in [2.24, 2.45) is 0 Å². The maximum absolute atomic E-state index is 12.3. The van der Waals surface area contributed by atoms with Crippen molar-refractivity contribution >= 4 is 17.4 Å². The minimum Gasteiger partial charge on any atom is -0.319 e. The van der Waals surface area contributed by atoms with E-state index >= 15 is 0 Å². The average molecular weight is 309 g/mol.